The summed E-state index contributed by atoms with van der Waals surface area (Å²) in [6.45, 7) is 7.07. The Morgan fingerprint density at radius 2 is 1.85 bits per heavy atom. The molecule has 0 aliphatic carbocycles. The van der Waals surface area contributed by atoms with Crippen molar-refractivity contribution in [3.8, 4) is 28.7 Å². The lowest BCUT2D eigenvalue weighted by Gasteiger charge is -2.61. The second kappa shape index (κ2) is 11.6. The van der Waals surface area contributed by atoms with E-state index < -0.39 is 53.6 Å². The maximum Gasteiger partial charge on any atom is 0.329 e. The Morgan fingerprint density at radius 3 is 2.55 bits per heavy atom. The number of esters is 1. The van der Waals surface area contributed by atoms with Crippen LogP contribution in [-0.4, -0.2) is 101 Å². The van der Waals surface area contributed by atoms with Crippen LogP contribution in [0.15, 0.2) is 6.07 Å². The van der Waals surface area contributed by atoms with E-state index in [1.54, 1.807) is 6.92 Å². The number of rotatable bonds is 4. The van der Waals surface area contributed by atoms with Gasteiger partial charge in [-0.25, -0.2) is 4.79 Å². The molecule has 5 aliphatic heterocycles. The highest BCUT2D eigenvalue weighted by Gasteiger charge is 2.60. The van der Waals surface area contributed by atoms with Crippen LogP contribution in [-0.2, 0) is 20.7 Å². The smallest absolute Gasteiger partial charge is 0.329 e. The molecule has 254 valence electrons. The van der Waals surface area contributed by atoms with Crippen LogP contribution < -0.4 is 25.3 Å². The van der Waals surface area contributed by atoms with Gasteiger partial charge in [-0.2, -0.15) is 0 Å². The zero-order chi connectivity index (χ0) is 33.6. The molecule has 5 aliphatic rings. The number of hydrogen-bond acceptors (Lipinski definition) is 13. The second-order valence-electron chi connectivity index (χ2n) is 13.5. The summed E-state index contributed by atoms with van der Waals surface area (Å²) < 4.78 is 23.4. The highest BCUT2D eigenvalue weighted by Crippen LogP contribution is 2.63. The first-order valence-electron chi connectivity index (χ1n) is 15.9. The highest BCUT2D eigenvalue weighted by atomic mass is 32.2. The molecule has 0 saturated carbocycles. The lowest BCUT2D eigenvalue weighted by atomic mass is 9.73. The van der Waals surface area contributed by atoms with Gasteiger partial charge < -0.3 is 45.3 Å². The Morgan fingerprint density at radius 1 is 1.13 bits per heavy atom. The summed E-state index contributed by atoms with van der Waals surface area (Å²) in [7, 11) is 3.46. The molecule has 2 aromatic rings. The van der Waals surface area contributed by atoms with Gasteiger partial charge in [0.2, 0.25) is 12.7 Å². The molecular formula is C33H42N4O9S. The van der Waals surface area contributed by atoms with E-state index >= 15 is 0 Å². The summed E-state index contributed by atoms with van der Waals surface area (Å²) in [6.07, 6.45) is -0.553. The number of carbonyl (C=O) groups excluding carboxylic acids is 2. The molecule has 0 radical (unpaired) electrons. The van der Waals surface area contributed by atoms with Crippen LogP contribution in [0.25, 0.3) is 0 Å². The fourth-order valence-corrected chi connectivity index (χ4v) is 9.70. The minimum Gasteiger partial charge on any atom is -0.507 e. The highest BCUT2D eigenvalue weighted by molar-refractivity contribution is 7.99. The number of phenolic OH excluding ortho intramolecular Hbond substituents is 2. The van der Waals surface area contributed by atoms with Gasteiger partial charge in [-0.05, 0) is 44.4 Å². The molecule has 47 heavy (non-hydrogen) atoms. The van der Waals surface area contributed by atoms with Crippen LogP contribution in [0.2, 0.25) is 0 Å². The predicted molar refractivity (Wildman–Crippen MR) is 172 cm³/mol. The Balaban J connectivity index is 1.43. The van der Waals surface area contributed by atoms with Gasteiger partial charge in [0.15, 0.2) is 23.0 Å². The molecule has 2 saturated heterocycles. The van der Waals surface area contributed by atoms with Crippen molar-refractivity contribution < 1.29 is 43.9 Å². The summed E-state index contributed by atoms with van der Waals surface area (Å²) in [5.74, 6) is 0.176. The lowest BCUT2D eigenvalue weighted by Crippen LogP contribution is -2.69. The van der Waals surface area contributed by atoms with Crippen molar-refractivity contribution in [3.05, 3.63) is 39.4 Å². The van der Waals surface area contributed by atoms with Gasteiger partial charge >= 0.3 is 5.97 Å². The van der Waals surface area contributed by atoms with Crippen LogP contribution in [0, 0.1) is 19.8 Å². The second-order valence-corrected chi connectivity index (χ2v) is 14.7. The van der Waals surface area contributed by atoms with Crippen molar-refractivity contribution in [3.63, 3.8) is 0 Å². The number of amides is 1. The normalized spacial score (nSPS) is 30.2. The molecule has 5 heterocycles. The van der Waals surface area contributed by atoms with Gasteiger partial charge in [-0.1, -0.05) is 19.9 Å². The molecular weight excluding hydrogens is 628 g/mol. The minimum atomic E-state index is -1.01. The van der Waals surface area contributed by atoms with E-state index in [-0.39, 0.29) is 42.6 Å². The summed E-state index contributed by atoms with van der Waals surface area (Å²) in [6, 6.07) is -1.94. The number of likely N-dealkylation sites (N-methyl/N-ethyl adjacent to an activating group) is 1. The third-order valence-corrected chi connectivity index (χ3v) is 12.0. The number of aliphatic hydroxyl groups is 1. The molecule has 2 fully saturated rings. The van der Waals surface area contributed by atoms with Gasteiger partial charge in [0, 0.05) is 34.0 Å². The number of aromatic hydroxyl groups is 2. The van der Waals surface area contributed by atoms with E-state index in [1.165, 1.54) is 18.9 Å². The Labute approximate surface area is 277 Å². The number of nitrogens with zero attached hydrogens (tertiary/aromatic N) is 2. The summed E-state index contributed by atoms with van der Waals surface area (Å²) in [5, 5.41) is 38.1. The standard InChI is InChI=1S/C33H42N4O9S/c1-12(2)22(34)31(40)35-16-10-47-30-21-20(29-28(45-11-46-29)14(4)25(21)38)18(9-44-33(16)42)37-24(30)23-19-15(8-17(32(37)41)36(23)5)7-13(3)27(43-6)26(19)39/h7,12,16-18,22-24,30,32,38-39,41H,8-11,34H2,1-6H3,(H,35,40)/t16?,17-,18-,22?,23+,24?,30+,32-/m0/s1. The number of benzene rings is 2. The molecule has 0 spiro atoms. The molecule has 3 unspecified atom stereocenters. The number of piperazine rings is 1. The topological polar surface area (TPSA) is 176 Å². The zero-order valence-corrected chi connectivity index (χ0v) is 28.1. The fraction of sp³-hybridized carbons (Fsp3) is 0.576. The number of phenols is 2. The van der Waals surface area contributed by atoms with Crippen LogP contribution in [0.3, 0.4) is 0 Å². The van der Waals surface area contributed by atoms with E-state index in [1.807, 2.05) is 38.8 Å². The van der Waals surface area contributed by atoms with Crippen LogP contribution in [0.4, 0.5) is 0 Å². The number of carbonyl (C=O) groups is 2. The number of thioether (sulfide) groups is 1. The third-order valence-electron chi connectivity index (χ3n) is 10.6. The molecule has 8 atom stereocenters. The van der Waals surface area contributed by atoms with E-state index in [2.05, 4.69) is 10.2 Å². The molecule has 13 nitrogen and oxygen atoms in total. The molecule has 14 heteroatoms. The number of ether oxygens (including phenoxy) is 4. The minimum absolute atomic E-state index is 0.0294. The number of hydrogen-bond donors (Lipinski definition) is 5. The van der Waals surface area contributed by atoms with Gasteiger partial charge in [-0.3, -0.25) is 14.6 Å². The SMILES string of the molecule is COc1c(C)cc2c(c1O)[C@@H]1C3[C@@H]4SCC(NC(=O)C(N)C(C)C)C(=O)OC[C@@H](c5c6c(c(C)c(O)c54)OCO6)N3[C@@H](O)[C@H](C2)N1C. The number of aryl methyl sites for hydroxylation is 1. The van der Waals surface area contributed by atoms with Crippen LogP contribution >= 0.6 is 11.8 Å². The van der Waals surface area contributed by atoms with E-state index in [0.717, 1.165) is 11.1 Å². The predicted octanol–water partition coefficient (Wildman–Crippen LogP) is 1.91. The molecule has 4 bridgehead atoms. The molecule has 1 amide bonds. The zero-order valence-electron chi connectivity index (χ0n) is 27.3. The van der Waals surface area contributed by atoms with Crippen LogP contribution in [0.1, 0.15) is 64.6 Å². The van der Waals surface area contributed by atoms with Crippen LogP contribution in [0.5, 0.6) is 28.7 Å². The fourth-order valence-electron chi connectivity index (χ4n) is 8.19. The Bertz CT molecular complexity index is 1650. The first kappa shape index (κ1) is 32.1. The van der Waals surface area contributed by atoms with Gasteiger partial charge in [-0.15, -0.1) is 11.8 Å². The average Bonchev–Trinajstić information content (AvgIpc) is 3.52. The maximum absolute atomic E-state index is 13.6. The van der Waals surface area contributed by atoms with Crippen molar-refractivity contribution in [1.82, 2.24) is 15.1 Å². The molecule has 0 aromatic heterocycles. The number of nitrogens with one attached hydrogen (secondary N) is 1. The third kappa shape index (κ3) is 4.66. The van der Waals surface area contributed by atoms with Gasteiger partial charge in [0.05, 0.1) is 36.5 Å². The van der Waals surface area contributed by atoms with Gasteiger partial charge in [0.25, 0.3) is 0 Å². The quantitative estimate of drug-likeness (QED) is 0.299. The number of nitrogens with two attached hydrogens (primary N) is 1. The van der Waals surface area contributed by atoms with Crippen molar-refractivity contribution in [1.29, 1.82) is 0 Å². The summed E-state index contributed by atoms with van der Waals surface area (Å²) >= 11 is 1.37. The van der Waals surface area contributed by atoms with Gasteiger partial charge in [0.1, 0.15) is 24.6 Å². The molecule has 2 aromatic carbocycles. The number of aliphatic hydroxyl groups excluding tert-OH is 1. The number of fused-ring (bicyclic) bond motifs is 9. The number of cyclic esters (lactones) is 1. The van der Waals surface area contributed by atoms with E-state index in [9.17, 15) is 24.9 Å². The van der Waals surface area contributed by atoms with Crippen molar-refractivity contribution in [2.75, 3.05) is 33.3 Å². The average molecular weight is 671 g/mol. The van der Waals surface area contributed by atoms with Crippen molar-refractivity contribution >= 4 is 23.6 Å². The first-order valence-corrected chi connectivity index (χ1v) is 17.0. The monoisotopic (exact) mass is 670 g/mol. The Hall–Kier alpha value is -3.43. The van der Waals surface area contributed by atoms with Crippen molar-refractivity contribution in [2.45, 2.75) is 81.8 Å². The summed E-state index contributed by atoms with van der Waals surface area (Å²) in [5.41, 5.74) is 10.2. The first-order chi connectivity index (χ1) is 22.4. The maximum atomic E-state index is 13.6. The largest absolute Gasteiger partial charge is 0.507 e. The van der Waals surface area contributed by atoms with E-state index in [4.69, 9.17) is 24.7 Å². The summed E-state index contributed by atoms with van der Waals surface area (Å²) in [4.78, 5) is 30.7. The molecule has 6 N–H and O–H groups in total. The van der Waals surface area contributed by atoms with Crippen molar-refractivity contribution in [2.24, 2.45) is 11.7 Å². The van der Waals surface area contributed by atoms with E-state index in [0.29, 0.717) is 45.9 Å². The number of methoxy groups -OCH3 is 1. The Kier molecular flexibility index (Phi) is 7.94. The lowest BCUT2D eigenvalue weighted by molar-refractivity contribution is -0.184. The molecule has 7 rings (SSSR count).